The number of hydrogen-bond acceptors (Lipinski definition) is 4. The molecule has 2 heterocycles. The second kappa shape index (κ2) is 8.39. The van der Waals surface area contributed by atoms with Crippen LogP contribution < -0.4 is 11.1 Å². The summed E-state index contributed by atoms with van der Waals surface area (Å²) in [6.07, 6.45) is 1.75. The van der Waals surface area contributed by atoms with Crippen molar-refractivity contribution >= 4 is 45.4 Å². The Kier molecular flexibility index (Phi) is 6.16. The summed E-state index contributed by atoms with van der Waals surface area (Å²) in [7, 11) is 1.76. The van der Waals surface area contributed by atoms with Crippen LogP contribution in [-0.4, -0.2) is 22.2 Å². The van der Waals surface area contributed by atoms with Gasteiger partial charge in [0.25, 0.3) is 0 Å². The fraction of sp³-hybridized carbons (Fsp3) is 0.222. The van der Waals surface area contributed by atoms with Gasteiger partial charge in [-0.05, 0) is 24.1 Å². The number of amides is 1. The Morgan fingerprint density at radius 1 is 1.41 bits per heavy atom. The minimum absolute atomic E-state index is 0.0969. The number of thiophene rings is 1. The van der Waals surface area contributed by atoms with E-state index in [0.29, 0.717) is 31.2 Å². The molecule has 0 aliphatic heterocycles. The highest BCUT2D eigenvalue weighted by molar-refractivity contribution is 7.20. The van der Waals surface area contributed by atoms with E-state index in [1.807, 2.05) is 0 Å². The first-order chi connectivity index (χ1) is 12.9. The van der Waals surface area contributed by atoms with Crippen molar-refractivity contribution in [2.45, 2.75) is 6.42 Å². The van der Waals surface area contributed by atoms with Gasteiger partial charge in [0.05, 0.1) is 27.8 Å². The van der Waals surface area contributed by atoms with E-state index in [2.05, 4.69) is 10.4 Å². The van der Waals surface area contributed by atoms with Crippen molar-refractivity contribution < 1.29 is 9.18 Å². The topological polar surface area (TPSA) is 72.9 Å². The molecule has 2 aromatic heterocycles. The van der Waals surface area contributed by atoms with Crippen LogP contribution in [0.15, 0.2) is 36.5 Å². The Hall–Kier alpha value is -1.93. The van der Waals surface area contributed by atoms with Crippen molar-refractivity contribution in [3.63, 3.8) is 0 Å². The summed E-state index contributed by atoms with van der Waals surface area (Å²) in [5, 5.41) is 7.93. The van der Waals surface area contributed by atoms with Crippen LogP contribution in [0.3, 0.4) is 0 Å². The summed E-state index contributed by atoms with van der Waals surface area (Å²) in [5.41, 5.74) is 7.54. The molecule has 3 N–H and O–H groups in total. The first-order valence-electron chi connectivity index (χ1n) is 8.12. The zero-order valence-electron chi connectivity index (χ0n) is 14.4. The van der Waals surface area contributed by atoms with Crippen molar-refractivity contribution in [2.75, 3.05) is 11.9 Å². The third kappa shape index (κ3) is 4.32. The lowest BCUT2D eigenvalue weighted by atomic mass is 9.98. The molecule has 0 bridgehead atoms. The quantitative estimate of drug-likeness (QED) is 0.615. The van der Waals surface area contributed by atoms with Crippen LogP contribution in [0.1, 0.15) is 5.56 Å². The smallest absolute Gasteiger partial charge is 0.229 e. The maximum atomic E-state index is 13.9. The van der Waals surface area contributed by atoms with Crippen LogP contribution in [0, 0.1) is 11.7 Å². The number of aryl methyl sites for hydroxylation is 1. The van der Waals surface area contributed by atoms with Gasteiger partial charge in [-0.3, -0.25) is 9.48 Å². The van der Waals surface area contributed by atoms with Gasteiger partial charge in [0, 0.05) is 19.2 Å². The minimum Gasteiger partial charge on any atom is -0.330 e. The van der Waals surface area contributed by atoms with Crippen LogP contribution in [0.4, 0.5) is 9.39 Å². The zero-order chi connectivity index (χ0) is 19.6. The lowest BCUT2D eigenvalue weighted by Gasteiger charge is -2.14. The number of anilines is 1. The molecule has 3 aromatic rings. The van der Waals surface area contributed by atoms with Crippen LogP contribution in [-0.2, 0) is 18.3 Å². The second-order valence-corrected chi connectivity index (χ2v) is 8.04. The van der Waals surface area contributed by atoms with E-state index < -0.39 is 5.92 Å². The molecule has 1 aromatic carbocycles. The molecule has 0 unspecified atom stereocenters. The number of nitrogens with two attached hydrogens (primary N) is 1. The predicted molar refractivity (Wildman–Crippen MR) is 108 cm³/mol. The van der Waals surface area contributed by atoms with Crippen LogP contribution in [0.5, 0.6) is 0 Å². The molecule has 142 valence electrons. The monoisotopic (exact) mass is 426 g/mol. The van der Waals surface area contributed by atoms with Gasteiger partial charge in [-0.2, -0.15) is 5.10 Å². The lowest BCUT2D eigenvalue weighted by Crippen LogP contribution is -2.31. The van der Waals surface area contributed by atoms with Gasteiger partial charge in [0.2, 0.25) is 5.91 Å². The molecule has 0 spiro atoms. The van der Waals surface area contributed by atoms with Gasteiger partial charge in [0.15, 0.2) is 0 Å². The van der Waals surface area contributed by atoms with Gasteiger partial charge in [-0.1, -0.05) is 41.4 Å². The van der Waals surface area contributed by atoms with Gasteiger partial charge >= 0.3 is 0 Å². The first kappa shape index (κ1) is 19.8. The molecule has 3 rings (SSSR count). The number of hydrogen-bond donors (Lipinski definition) is 2. The summed E-state index contributed by atoms with van der Waals surface area (Å²) >= 11 is 13.7. The van der Waals surface area contributed by atoms with Crippen LogP contribution in [0.2, 0.25) is 9.36 Å². The Balaban J connectivity index is 1.77. The normalized spacial score (nSPS) is 12.2. The number of carbonyl (C=O) groups excluding carboxylic acids is 1. The van der Waals surface area contributed by atoms with Gasteiger partial charge < -0.3 is 11.1 Å². The van der Waals surface area contributed by atoms with Crippen molar-refractivity contribution in [3.05, 3.63) is 57.3 Å². The molecule has 0 saturated heterocycles. The van der Waals surface area contributed by atoms with E-state index in [9.17, 15) is 9.18 Å². The molecule has 1 amide bonds. The standard InChI is InChI=1S/C18H17Cl2FN4OS/c1-25-16(13(19)9-23-25)12-7-15(27-17(12)20)24-18(26)11(8-22)6-10-4-2-3-5-14(10)21/h2-5,7,9,11H,6,8,22H2,1H3,(H,24,26)/t11-/m0/s1. The molecule has 0 saturated carbocycles. The Morgan fingerprint density at radius 3 is 2.78 bits per heavy atom. The third-order valence-electron chi connectivity index (χ3n) is 4.16. The summed E-state index contributed by atoms with van der Waals surface area (Å²) in [6, 6.07) is 8.09. The minimum atomic E-state index is -0.563. The molecule has 9 heteroatoms. The average Bonchev–Trinajstić information content (AvgIpc) is 3.15. The molecule has 0 aliphatic rings. The molecule has 5 nitrogen and oxygen atoms in total. The lowest BCUT2D eigenvalue weighted by molar-refractivity contribution is -0.119. The SMILES string of the molecule is Cn1ncc(Cl)c1-c1cc(NC(=O)[C@H](CN)Cc2ccccc2F)sc1Cl. The number of carbonyl (C=O) groups is 1. The summed E-state index contributed by atoms with van der Waals surface area (Å²) in [4.78, 5) is 12.6. The number of rotatable bonds is 6. The van der Waals surface area contributed by atoms with Crippen molar-refractivity contribution in [3.8, 4) is 11.3 Å². The highest BCUT2D eigenvalue weighted by Crippen LogP contribution is 2.41. The Bertz CT molecular complexity index is 953. The number of nitrogens with one attached hydrogen (secondary N) is 1. The summed E-state index contributed by atoms with van der Waals surface area (Å²) in [6.45, 7) is 0.0969. The molecular weight excluding hydrogens is 410 g/mol. The van der Waals surface area contributed by atoms with Crippen molar-refractivity contribution in [1.82, 2.24) is 9.78 Å². The van der Waals surface area contributed by atoms with E-state index in [4.69, 9.17) is 28.9 Å². The highest BCUT2D eigenvalue weighted by atomic mass is 35.5. The molecular formula is C18H17Cl2FN4OS. The fourth-order valence-electron chi connectivity index (χ4n) is 2.74. The second-order valence-electron chi connectivity index (χ2n) is 5.98. The van der Waals surface area contributed by atoms with Crippen molar-refractivity contribution in [1.29, 1.82) is 0 Å². The molecule has 0 aliphatic carbocycles. The number of nitrogens with zero attached hydrogens (tertiary/aromatic N) is 2. The Labute approximate surface area is 169 Å². The summed E-state index contributed by atoms with van der Waals surface area (Å²) in [5.74, 6) is -1.20. The van der Waals surface area contributed by atoms with E-state index in [0.717, 1.165) is 0 Å². The maximum absolute atomic E-state index is 13.9. The van der Waals surface area contributed by atoms with E-state index in [1.165, 1.54) is 23.6 Å². The van der Waals surface area contributed by atoms with Crippen molar-refractivity contribution in [2.24, 2.45) is 18.7 Å². The van der Waals surface area contributed by atoms with Crippen LogP contribution in [0.25, 0.3) is 11.3 Å². The fourth-order valence-corrected chi connectivity index (χ4v) is 4.19. The van der Waals surface area contributed by atoms with Crippen LogP contribution >= 0.6 is 34.5 Å². The molecule has 0 radical (unpaired) electrons. The van der Waals surface area contributed by atoms with E-state index >= 15 is 0 Å². The highest BCUT2D eigenvalue weighted by Gasteiger charge is 2.22. The zero-order valence-corrected chi connectivity index (χ0v) is 16.7. The average molecular weight is 427 g/mol. The molecule has 1 atom stereocenters. The van der Waals surface area contributed by atoms with Gasteiger partial charge in [-0.25, -0.2) is 4.39 Å². The number of benzene rings is 1. The Morgan fingerprint density at radius 2 is 2.15 bits per heavy atom. The third-order valence-corrected chi connectivity index (χ3v) is 5.71. The first-order valence-corrected chi connectivity index (χ1v) is 9.69. The molecule has 27 heavy (non-hydrogen) atoms. The van der Waals surface area contributed by atoms with Gasteiger partial charge in [0.1, 0.15) is 10.2 Å². The largest absolute Gasteiger partial charge is 0.330 e. The van der Waals surface area contributed by atoms with E-state index in [-0.39, 0.29) is 24.7 Å². The predicted octanol–water partition coefficient (Wildman–Crippen LogP) is 4.35. The van der Waals surface area contributed by atoms with E-state index in [1.54, 1.807) is 36.0 Å². The number of halogens is 3. The molecule has 0 fully saturated rings. The maximum Gasteiger partial charge on any atom is 0.229 e. The summed E-state index contributed by atoms with van der Waals surface area (Å²) < 4.78 is 16.0. The van der Waals surface area contributed by atoms with Gasteiger partial charge in [-0.15, -0.1) is 11.3 Å². The number of aromatic nitrogens is 2.